The summed E-state index contributed by atoms with van der Waals surface area (Å²) in [6.07, 6.45) is 0. The second-order valence-electron chi connectivity index (χ2n) is 5.18. The van der Waals surface area contributed by atoms with Gasteiger partial charge in [0.15, 0.2) is 6.54 Å². The zero-order chi connectivity index (χ0) is 17.0. The molecule has 0 aromatic heterocycles. The molecule has 2 N–H and O–H groups in total. The number of amides is 1. The van der Waals surface area contributed by atoms with E-state index >= 15 is 0 Å². The number of quaternary nitrogens is 1. The first-order chi connectivity index (χ1) is 10.9. The van der Waals surface area contributed by atoms with E-state index in [1.807, 2.05) is 0 Å². The van der Waals surface area contributed by atoms with Crippen molar-refractivity contribution < 1.29 is 14.1 Å². The third-order valence-corrected chi connectivity index (χ3v) is 4.12. The molecule has 3 nitrogen and oxygen atoms in total. The lowest BCUT2D eigenvalue weighted by molar-refractivity contribution is -0.885. The molecule has 0 saturated carbocycles. The van der Waals surface area contributed by atoms with Crippen LogP contribution in [-0.4, -0.2) is 19.5 Å². The maximum atomic E-state index is 13.8. The summed E-state index contributed by atoms with van der Waals surface area (Å²) in [5.41, 5.74) is 0.834. The Kier molecular flexibility index (Phi) is 6.25. The second-order valence-corrected chi connectivity index (χ2v) is 6.43. The third kappa shape index (κ3) is 5.08. The van der Waals surface area contributed by atoms with Crippen LogP contribution in [0.4, 0.5) is 10.1 Å². The van der Waals surface area contributed by atoms with Crippen LogP contribution in [0.5, 0.6) is 0 Å². The van der Waals surface area contributed by atoms with Crippen LogP contribution < -0.4 is 10.2 Å². The van der Waals surface area contributed by atoms with E-state index in [1.165, 1.54) is 6.07 Å². The number of rotatable bonds is 5. The maximum Gasteiger partial charge on any atom is 0.279 e. The van der Waals surface area contributed by atoms with E-state index in [9.17, 15) is 9.18 Å². The fraction of sp³-hybridized carbons (Fsp3) is 0.188. The Labute approximate surface area is 148 Å². The highest BCUT2D eigenvalue weighted by atomic mass is 35.5. The zero-order valence-corrected chi connectivity index (χ0v) is 14.6. The standard InChI is InChI=1S/C16H14Cl3FN2O/c1-22(8-11-12(18)3-2-4-14(11)20)9-16(23)21-15-7-10(17)5-6-13(15)19/h2-7H,8-9H2,1H3,(H,21,23)/p+1. The molecule has 0 saturated heterocycles. The van der Waals surface area contributed by atoms with Gasteiger partial charge in [0.1, 0.15) is 12.4 Å². The molecule has 0 spiro atoms. The Morgan fingerprint density at radius 3 is 2.61 bits per heavy atom. The van der Waals surface area contributed by atoms with Gasteiger partial charge in [-0.05, 0) is 30.3 Å². The van der Waals surface area contributed by atoms with Crippen molar-refractivity contribution in [2.24, 2.45) is 0 Å². The number of nitrogens with one attached hydrogen (secondary N) is 2. The number of likely N-dealkylation sites (N-methyl/N-ethyl adjacent to an activating group) is 1. The predicted octanol–water partition coefficient (Wildman–Crippen LogP) is 3.44. The zero-order valence-electron chi connectivity index (χ0n) is 12.3. The Hall–Kier alpha value is -1.33. The minimum Gasteiger partial charge on any atom is -0.326 e. The molecule has 7 heteroatoms. The van der Waals surface area contributed by atoms with Gasteiger partial charge in [-0.25, -0.2) is 4.39 Å². The van der Waals surface area contributed by atoms with Crippen molar-refractivity contribution in [3.8, 4) is 0 Å². The Bertz CT molecular complexity index is 704. The normalized spacial score (nSPS) is 12.0. The van der Waals surface area contributed by atoms with Gasteiger partial charge in [-0.2, -0.15) is 0 Å². The highest BCUT2D eigenvalue weighted by Gasteiger charge is 2.16. The van der Waals surface area contributed by atoms with Gasteiger partial charge in [0.2, 0.25) is 0 Å². The lowest BCUT2D eigenvalue weighted by Gasteiger charge is -2.15. The maximum absolute atomic E-state index is 13.8. The Morgan fingerprint density at radius 1 is 1.17 bits per heavy atom. The fourth-order valence-corrected chi connectivity index (χ4v) is 2.69. The summed E-state index contributed by atoms with van der Waals surface area (Å²) in [7, 11) is 1.78. The van der Waals surface area contributed by atoms with Gasteiger partial charge < -0.3 is 10.2 Å². The van der Waals surface area contributed by atoms with Crippen LogP contribution in [0.3, 0.4) is 0 Å². The summed E-state index contributed by atoms with van der Waals surface area (Å²) >= 11 is 17.9. The lowest BCUT2D eigenvalue weighted by atomic mass is 10.2. The molecule has 1 amide bonds. The largest absolute Gasteiger partial charge is 0.326 e. The van der Waals surface area contributed by atoms with E-state index in [0.29, 0.717) is 32.9 Å². The van der Waals surface area contributed by atoms with Crippen LogP contribution in [0.15, 0.2) is 36.4 Å². The van der Waals surface area contributed by atoms with E-state index in [0.717, 1.165) is 4.90 Å². The van der Waals surface area contributed by atoms with Crippen molar-refractivity contribution in [3.63, 3.8) is 0 Å². The molecule has 1 unspecified atom stereocenters. The van der Waals surface area contributed by atoms with Gasteiger partial charge in [-0.1, -0.05) is 40.9 Å². The Morgan fingerprint density at radius 2 is 1.91 bits per heavy atom. The molecule has 0 radical (unpaired) electrons. The Balaban J connectivity index is 1.98. The number of hydrogen-bond donors (Lipinski definition) is 2. The average molecular weight is 377 g/mol. The summed E-state index contributed by atoms with van der Waals surface area (Å²) in [4.78, 5) is 12.9. The van der Waals surface area contributed by atoms with Crippen molar-refractivity contribution in [1.82, 2.24) is 0 Å². The molecule has 2 aromatic carbocycles. The van der Waals surface area contributed by atoms with Gasteiger partial charge in [0.05, 0.1) is 28.3 Å². The van der Waals surface area contributed by atoms with Crippen molar-refractivity contribution in [1.29, 1.82) is 0 Å². The highest BCUT2D eigenvalue weighted by molar-refractivity contribution is 6.35. The van der Waals surface area contributed by atoms with Gasteiger partial charge in [0.25, 0.3) is 5.91 Å². The molecule has 0 fully saturated rings. The number of benzene rings is 2. The molecule has 122 valence electrons. The van der Waals surface area contributed by atoms with E-state index in [4.69, 9.17) is 34.8 Å². The van der Waals surface area contributed by atoms with Crippen LogP contribution in [-0.2, 0) is 11.3 Å². The molecule has 0 heterocycles. The topological polar surface area (TPSA) is 33.5 Å². The molecular formula is C16H15Cl3FN2O+. The van der Waals surface area contributed by atoms with Gasteiger partial charge in [0, 0.05) is 5.02 Å². The summed E-state index contributed by atoms with van der Waals surface area (Å²) in [5, 5.41) is 3.92. The van der Waals surface area contributed by atoms with Gasteiger partial charge >= 0.3 is 0 Å². The molecule has 0 bridgehead atoms. The molecule has 2 rings (SSSR count). The van der Waals surface area contributed by atoms with Crippen molar-refractivity contribution in [2.45, 2.75) is 6.54 Å². The van der Waals surface area contributed by atoms with Gasteiger partial charge in [-0.15, -0.1) is 0 Å². The smallest absolute Gasteiger partial charge is 0.279 e. The van der Waals surface area contributed by atoms with Crippen molar-refractivity contribution in [2.75, 3.05) is 18.9 Å². The quantitative estimate of drug-likeness (QED) is 0.823. The van der Waals surface area contributed by atoms with E-state index < -0.39 is 0 Å². The molecule has 23 heavy (non-hydrogen) atoms. The van der Waals surface area contributed by atoms with Crippen LogP contribution >= 0.6 is 34.8 Å². The van der Waals surface area contributed by atoms with Crippen LogP contribution in [0.2, 0.25) is 15.1 Å². The minimum atomic E-state index is -0.379. The summed E-state index contributed by atoms with van der Waals surface area (Å²) < 4.78 is 13.8. The van der Waals surface area contributed by atoms with Crippen molar-refractivity contribution in [3.05, 3.63) is 62.8 Å². The second kappa shape index (κ2) is 7.97. The predicted molar refractivity (Wildman–Crippen MR) is 92.0 cm³/mol. The third-order valence-electron chi connectivity index (χ3n) is 3.21. The summed E-state index contributed by atoms with van der Waals surface area (Å²) in [6.45, 7) is 0.426. The molecule has 0 aliphatic heterocycles. The van der Waals surface area contributed by atoms with Gasteiger partial charge in [-0.3, -0.25) is 4.79 Å². The number of halogens is 4. The average Bonchev–Trinajstić information content (AvgIpc) is 2.47. The van der Waals surface area contributed by atoms with Crippen molar-refractivity contribution >= 4 is 46.4 Å². The molecule has 2 aromatic rings. The van der Waals surface area contributed by atoms with Crippen LogP contribution in [0.25, 0.3) is 0 Å². The lowest BCUT2D eigenvalue weighted by Crippen LogP contribution is -3.08. The molecular weight excluding hydrogens is 362 g/mol. The first-order valence-electron chi connectivity index (χ1n) is 6.86. The van der Waals surface area contributed by atoms with Crippen LogP contribution in [0.1, 0.15) is 5.56 Å². The number of carbonyl (C=O) groups is 1. The van der Waals surface area contributed by atoms with E-state index in [-0.39, 0.29) is 18.3 Å². The fourth-order valence-electron chi connectivity index (χ4n) is 2.13. The minimum absolute atomic E-state index is 0.132. The highest BCUT2D eigenvalue weighted by Crippen LogP contribution is 2.25. The molecule has 1 atom stereocenters. The summed E-state index contributed by atoms with van der Waals surface area (Å²) in [5.74, 6) is -0.630. The summed E-state index contributed by atoms with van der Waals surface area (Å²) in [6, 6.07) is 9.33. The number of carbonyl (C=O) groups excluding carboxylic acids is 1. The molecule has 0 aliphatic rings. The first kappa shape index (κ1) is 18.0. The number of hydrogen-bond acceptors (Lipinski definition) is 1. The monoisotopic (exact) mass is 375 g/mol. The van der Waals surface area contributed by atoms with Crippen LogP contribution in [0, 0.1) is 5.82 Å². The number of anilines is 1. The van der Waals surface area contributed by atoms with E-state index in [2.05, 4.69) is 5.32 Å². The van der Waals surface area contributed by atoms with E-state index in [1.54, 1.807) is 37.4 Å². The first-order valence-corrected chi connectivity index (χ1v) is 7.99. The SMILES string of the molecule is C[NH+](CC(=O)Nc1cc(Cl)ccc1Cl)Cc1c(F)cccc1Cl. The molecule has 0 aliphatic carbocycles.